The van der Waals surface area contributed by atoms with Gasteiger partial charge in [0.15, 0.2) is 17.4 Å². The molecule has 1 N–H and O–H groups in total. The summed E-state index contributed by atoms with van der Waals surface area (Å²) in [5, 5.41) is 16.6. The maximum Gasteiger partial charge on any atom is 0.237 e. The van der Waals surface area contributed by atoms with Crippen molar-refractivity contribution in [1.29, 1.82) is 0 Å². The Kier molecular flexibility index (Phi) is 6.22. The lowest BCUT2D eigenvalue weighted by Gasteiger charge is -2.18. The highest BCUT2D eigenvalue weighted by atomic mass is 32.1. The number of nitrogens with one attached hydrogen (secondary N) is 1. The van der Waals surface area contributed by atoms with Crippen molar-refractivity contribution in [1.82, 2.24) is 5.32 Å². The zero-order chi connectivity index (χ0) is 20.1. The van der Waals surface area contributed by atoms with Crippen LogP contribution in [0, 0.1) is 20.8 Å². The molecule has 0 spiro atoms. The number of aromatic nitrogens is 1. The zero-order valence-corrected chi connectivity index (χ0v) is 17.2. The van der Waals surface area contributed by atoms with Gasteiger partial charge in [0.25, 0.3) is 0 Å². The van der Waals surface area contributed by atoms with Crippen LogP contribution in [0.5, 0.6) is 0 Å². The molecule has 1 heterocycles. The van der Waals surface area contributed by atoms with Crippen molar-refractivity contribution in [2.24, 2.45) is 0 Å². The SMILES string of the molecule is Cc1ccc[n+](/C(C(=S)NCc2ccccc2)=C(/[O-])c2ccc(C)c(C)c2)c1. The van der Waals surface area contributed by atoms with Gasteiger partial charge in [-0.1, -0.05) is 60.7 Å². The fourth-order valence-electron chi connectivity index (χ4n) is 2.95. The van der Waals surface area contributed by atoms with E-state index in [1.807, 2.05) is 98.4 Å². The lowest BCUT2D eigenvalue weighted by Crippen LogP contribution is -2.42. The second kappa shape index (κ2) is 8.81. The largest absolute Gasteiger partial charge is 0.867 e. The lowest BCUT2D eigenvalue weighted by molar-refractivity contribution is -0.578. The smallest absolute Gasteiger partial charge is 0.237 e. The van der Waals surface area contributed by atoms with Gasteiger partial charge in [0.1, 0.15) is 0 Å². The number of aryl methyl sites for hydroxylation is 3. The van der Waals surface area contributed by atoms with Gasteiger partial charge in [-0.3, -0.25) is 0 Å². The molecule has 0 saturated carbocycles. The predicted octanol–water partition coefficient (Wildman–Crippen LogP) is 3.70. The Hall–Kier alpha value is -2.98. The third-order valence-corrected chi connectivity index (χ3v) is 5.04. The van der Waals surface area contributed by atoms with E-state index in [-0.39, 0.29) is 5.76 Å². The topological polar surface area (TPSA) is 39.0 Å². The normalized spacial score (nSPS) is 11.7. The molecule has 2 aromatic carbocycles. The third kappa shape index (κ3) is 4.65. The van der Waals surface area contributed by atoms with Crippen LogP contribution in [0.1, 0.15) is 27.8 Å². The maximum absolute atomic E-state index is 13.4. The van der Waals surface area contributed by atoms with Gasteiger partial charge in [0.2, 0.25) is 5.70 Å². The van der Waals surface area contributed by atoms with E-state index < -0.39 is 0 Å². The number of nitrogens with zero attached hydrogens (tertiary/aromatic N) is 1. The summed E-state index contributed by atoms with van der Waals surface area (Å²) in [4.78, 5) is 0.433. The second-order valence-corrected chi connectivity index (χ2v) is 7.34. The molecule has 1 aromatic heterocycles. The number of thiocarbonyl (C=S) groups is 1. The Labute approximate surface area is 172 Å². The van der Waals surface area contributed by atoms with E-state index in [0.717, 1.165) is 22.3 Å². The summed E-state index contributed by atoms with van der Waals surface area (Å²) in [6.07, 6.45) is 3.78. The number of benzene rings is 2. The molecule has 0 radical (unpaired) electrons. The van der Waals surface area contributed by atoms with Crippen LogP contribution in [-0.2, 0) is 6.54 Å². The van der Waals surface area contributed by atoms with Crippen LogP contribution >= 0.6 is 12.2 Å². The molecule has 0 saturated heterocycles. The molecule has 3 rings (SSSR count). The summed E-state index contributed by atoms with van der Waals surface area (Å²) >= 11 is 5.64. The van der Waals surface area contributed by atoms with Crippen molar-refractivity contribution in [2.75, 3.05) is 0 Å². The van der Waals surface area contributed by atoms with Crippen molar-refractivity contribution in [3.8, 4) is 0 Å². The van der Waals surface area contributed by atoms with E-state index in [4.69, 9.17) is 12.2 Å². The molecule has 28 heavy (non-hydrogen) atoms. The molecule has 0 fully saturated rings. The van der Waals surface area contributed by atoms with Gasteiger partial charge in [-0.25, -0.2) is 0 Å². The van der Waals surface area contributed by atoms with E-state index in [1.54, 1.807) is 0 Å². The number of hydrogen-bond acceptors (Lipinski definition) is 2. The molecule has 0 bridgehead atoms. The van der Waals surface area contributed by atoms with Crippen molar-refractivity contribution in [3.63, 3.8) is 0 Å². The van der Waals surface area contributed by atoms with Gasteiger partial charge in [0, 0.05) is 18.2 Å². The summed E-state index contributed by atoms with van der Waals surface area (Å²) in [5.74, 6) is -0.0933. The predicted molar refractivity (Wildman–Crippen MR) is 116 cm³/mol. The van der Waals surface area contributed by atoms with Gasteiger partial charge in [-0.2, -0.15) is 4.57 Å². The maximum atomic E-state index is 13.4. The monoisotopic (exact) mass is 388 g/mol. The number of hydrogen-bond donors (Lipinski definition) is 1. The molecule has 0 unspecified atom stereocenters. The van der Waals surface area contributed by atoms with E-state index in [1.165, 1.54) is 0 Å². The van der Waals surface area contributed by atoms with Gasteiger partial charge in [0.05, 0.1) is 0 Å². The quantitative estimate of drug-likeness (QED) is 0.313. The van der Waals surface area contributed by atoms with Crippen molar-refractivity contribution >= 4 is 28.7 Å². The number of rotatable bonds is 5. The molecule has 0 atom stereocenters. The first kappa shape index (κ1) is 19.8. The van der Waals surface area contributed by atoms with Crippen LogP contribution in [0.25, 0.3) is 11.5 Å². The summed E-state index contributed by atoms with van der Waals surface area (Å²) < 4.78 is 1.81. The molecule has 0 aliphatic rings. The number of pyridine rings is 1. The standard InChI is InChI=1S/C24H24N2OS/c1-17-8-7-13-26(16-17)22(23(27)21-12-11-18(2)19(3)14-21)24(28)25-15-20-9-5-4-6-10-20/h4-14,16H,15H2,1-3H3,(H-,25,27,28). The Bertz CT molecular complexity index is 1030. The van der Waals surface area contributed by atoms with Crippen molar-refractivity contribution in [2.45, 2.75) is 27.3 Å². The average molecular weight is 389 g/mol. The van der Waals surface area contributed by atoms with Crippen LogP contribution < -0.4 is 15.0 Å². The fraction of sp³-hybridized carbons (Fsp3) is 0.167. The summed E-state index contributed by atoms with van der Waals surface area (Å²) in [6, 6.07) is 19.7. The van der Waals surface area contributed by atoms with Crippen LogP contribution in [0.4, 0.5) is 0 Å². The average Bonchev–Trinajstić information content (AvgIpc) is 2.69. The van der Waals surface area contributed by atoms with E-state index in [0.29, 0.717) is 22.8 Å². The van der Waals surface area contributed by atoms with E-state index in [2.05, 4.69) is 5.32 Å². The molecule has 3 nitrogen and oxygen atoms in total. The highest BCUT2D eigenvalue weighted by Crippen LogP contribution is 2.18. The van der Waals surface area contributed by atoms with E-state index >= 15 is 0 Å². The Morgan fingerprint density at radius 2 is 1.71 bits per heavy atom. The Morgan fingerprint density at radius 3 is 2.39 bits per heavy atom. The third-order valence-electron chi connectivity index (χ3n) is 4.70. The van der Waals surface area contributed by atoms with Crippen LogP contribution in [0.2, 0.25) is 0 Å². The summed E-state index contributed by atoms with van der Waals surface area (Å²) in [7, 11) is 0. The van der Waals surface area contributed by atoms with Gasteiger partial charge in [-0.05, 0) is 54.9 Å². The lowest BCUT2D eigenvalue weighted by atomic mass is 10.0. The molecule has 142 valence electrons. The van der Waals surface area contributed by atoms with Crippen molar-refractivity contribution < 1.29 is 9.67 Å². The van der Waals surface area contributed by atoms with Crippen LogP contribution in [-0.4, -0.2) is 4.99 Å². The Morgan fingerprint density at radius 1 is 0.964 bits per heavy atom. The highest BCUT2D eigenvalue weighted by Gasteiger charge is 2.19. The Balaban J connectivity index is 2.01. The minimum atomic E-state index is -0.0933. The van der Waals surface area contributed by atoms with Crippen LogP contribution in [0.15, 0.2) is 73.1 Å². The first-order valence-electron chi connectivity index (χ1n) is 9.25. The van der Waals surface area contributed by atoms with Gasteiger partial charge in [-0.15, -0.1) is 0 Å². The highest BCUT2D eigenvalue weighted by molar-refractivity contribution is 7.81. The summed E-state index contributed by atoms with van der Waals surface area (Å²) in [5.41, 5.74) is 5.50. The minimum Gasteiger partial charge on any atom is -0.867 e. The van der Waals surface area contributed by atoms with Gasteiger partial charge >= 0.3 is 0 Å². The van der Waals surface area contributed by atoms with Crippen LogP contribution in [0.3, 0.4) is 0 Å². The second-order valence-electron chi connectivity index (χ2n) is 6.93. The first-order chi connectivity index (χ1) is 13.5. The summed E-state index contributed by atoms with van der Waals surface area (Å²) in [6.45, 7) is 6.61. The molecule has 4 heteroatoms. The van der Waals surface area contributed by atoms with Gasteiger partial charge < -0.3 is 10.4 Å². The molecule has 0 aliphatic heterocycles. The molecule has 0 amide bonds. The molecular weight excluding hydrogens is 364 g/mol. The van der Waals surface area contributed by atoms with E-state index in [9.17, 15) is 5.11 Å². The molecular formula is C24H24N2OS. The fourth-order valence-corrected chi connectivity index (χ4v) is 3.22. The first-order valence-corrected chi connectivity index (χ1v) is 9.66. The zero-order valence-electron chi connectivity index (χ0n) is 16.4. The minimum absolute atomic E-state index is 0.0933. The molecule has 3 aromatic rings. The van der Waals surface area contributed by atoms with Crippen molar-refractivity contribution in [3.05, 3.63) is 101 Å². The molecule has 0 aliphatic carbocycles.